The molecule has 1 fully saturated rings. The van der Waals surface area contributed by atoms with Gasteiger partial charge in [0.1, 0.15) is 11.5 Å². The van der Waals surface area contributed by atoms with Gasteiger partial charge in [-0.15, -0.1) is 0 Å². The first-order valence-electron chi connectivity index (χ1n) is 7.85. The normalized spacial score (nSPS) is 16.4. The Morgan fingerprint density at radius 1 is 1.35 bits per heavy atom. The van der Waals surface area contributed by atoms with Crippen LogP contribution in [0.2, 0.25) is 0 Å². The van der Waals surface area contributed by atoms with Crippen molar-refractivity contribution in [2.45, 2.75) is 72.1 Å². The predicted octanol–water partition coefficient (Wildman–Crippen LogP) is 4.18. The van der Waals surface area contributed by atoms with Crippen molar-refractivity contribution in [1.82, 2.24) is 5.32 Å². The molecular weight excluding hydrogens is 250 g/mol. The molecule has 3 heteroatoms. The summed E-state index contributed by atoms with van der Waals surface area (Å²) in [5, 5.41) is 3.44. The topological polar surface area (TPSA) is 34.4 Å². The Labute approximate surface area is 123 Å². The van der Waals surface area contributed by atoms with Crippen LogP contribution in [0, 0.1) is 12.8 Å². The van der Waals surface area contributed by atoms with Crippen LogP contribution in [-0.2, 0) is 17.9 Å². The summed E-state index contributed by atoms with van der Waals surface area (Å²) in [6.45, 7) is 10.8. The molecule has 0 spiro atoms. The molecule has 1 aromatic rings. The predicted molar refractivity (Wildman–Crippen MR) is 81.7 cm³/mol. The third-order valence-corrected chi connectivity index (χ3v) is 4.02. The number of rotatable bonds is 7. The number of hydrogen-bond donors (Lipinski definition) is 1. The van der Waals surface area contributed by atoms with Gasteiger partial charge in [0, 0.05) is 17.7 Å². The van der Waals surface area contributed by atoms with Crippen LogP contribution in [0.4, 0.5) is 0 Å². The molecule has 1 N–H and O–H groups in total. The van der Waals surface area contributed by atoms with E-state index < -0.39 is 0 Å². The first-order valence-corrected chi connectivity index (χ1v) is 7.85. The van der Waals surface area contributed by atoms with Crippen LogP contribution in [0.25, 0.3) is 0 Å². The van der Waals surface area contributed by atoms with Crippen molar-refractivity contribution >= 4 is 0 Å². The van der Waals surface area contributed by atoms with Gasteiger partial charge >= 0.3 is 0 Å². The average molecular weight is 279 g/mol. The van der Waals surface area contributed by atoms with Crippen molar-refractivity contribution in [3.05, 3.63) is 23.2 Å². The minimum atomic E-state index is 0.111. The molecule has 0 aliphatic heterocycles. The summed E-state index contributed by atoms with van der Waals surface area (Å²) in [5.74, 6) is 2.90. The minimum Gasteiger partial charge on any atom is -0.465 e. The third kappa shape index (κ3) is 4.95. The zero-order chi connectivity index (χ0) is 14.6. The van der Waals surface area contributed by atoms with Crippen molar-refractivity contribution in [3.63, 3.8) is 0 Å². The van der Waals surface area contributed by atoms with E-state index in [1.807, 2.05) is 6.92 Å². The fourth-order valence-corrected chi connectivity index (χ4v) is 2.38. The van der Waals surface area contributed by atoms with Gasteiger partial charge in [0.05, 0.1) is 13.2 Å². The second kappa shape index (κ2) is 6.77. The van der Waals surface area contributed by atoms with E-state index in [1.54, 1.807) is 0 Å². The van der Waals surface area contributed by atoms with Gasteiger partial charge in [-0.2, -0.15) is 0 Å². The van der Waals surface area contributed by atoms with E-state index in [0.29, 0.717) is 6.61 Å². The lowest BCUT2D eigenvalue weighted by Gasteiger charge is -2.24. The molecule has 2 rings (SSSR count). The van der Waals surface area contributed by atoms with Crippen molar-refractivity contribution in [3.8, 4) is 0 Å². The molecule has 0 radical (unpaired) electrons. The van der Waals surface area contributed by atoms with Gasteiger partial charge in [-0.1, -0.05) is 19.3 Å². The van der Waals surface area contributed by atoms with E-state index in [1.165, 1.54) is 31.2 Å². The summed E-state index contributed by atoms with van der Waals surface area (Å²) in [6, 6.07) is 2.12. The molecule has 1 heterocycles. The SMILES string of the molecule is Cc1oc(CNC(C)(C)C)cc1COCCC1CCC1. The summed E-state index contributed by atoms with van der Waals surface area (Å²) in [5.41, 5.74) is 1.30. The summed E-state index contributed by atoms with van der Waals surface area (Å²) in [7, 11) is 0. The lowest BCUT2D eigenvalue weighted by Crippen LogP contribution is -2.34. The molecule has 1 aromatic heterocycles. The van der Waals surface area contributed by atoms with Crippen LogP contribution in [0.1, 0.15) is 63.5 Å². The number of ether oxygens (including phenoxy) is 1. The van der Waals surface area contributed by atoms with Crippen molar-refractivity contribution in [1.29, 1.82) is 0 Å². The van der Waals surface area contributed by atoms with Gasteiger partial charge in [-0.3, -0.25) is 0 Å². The Morgan fingerprint density at radius 3 is 2.70 bits per heavy atom. The van der Waals surface area contributed by atoms with Crippen LogP contribution in [-0.4, -0.2) is 12.1 Å². The fraction of sp³-hybridized carbons (Fsp3) is 0.765. The zero-order valence-electron chi connectivity index (χ0n) is 13.4. The molecule has 0 aromatic carbocycles. The van der Waals surface area contributed by atoms with Crippen molar-refractivity contribution in [2.24, 2.45) is 5.92 Å². The quantitative estimate of drug-likeness (QED) is 0.760. The van der Waals surface area contributed by atoms with E-state index in [0.717, 1.165) is 30.6 Å². The molecule has 0 unspecified atom stereocenters. The molecule has 0 saturated heterocycles. The lowest BCUT2D eigenvalue weighted by molar-refractivity contribution is 0.0942. The van der Waals surface area contributed by atoms with Gasteiger partial charge in [-0.25, -0.2) is 0 Å². The second-order valence-corrected chi connectivity index (χ2v) is 7.04. The number of hydrogen-bond acceptors (Lipinski definition) is 3. The maximum atomic E-state index is 5.79. The first kappa shape index (κ1) is 15.6. The highest BCUT2D eigenvalue weighted by Gasteiger charge is 2.17. The average Bonchev–Trinajstić information content (AvgIpc) is 2.64. The largest absolute Gasteiger partial charge is 0.465 e. The van der Waals surface area contributed by atoms with Crippen LogP contribution >= 0.6 is 0 Å². The van der Waals surface area contributed by atoms with Gasteiger partial charge < -0.3 is 14.5 Å². The van der Waals surface area contributed by atoms with Crippen molar-refractivity contribution < 1.29 is 9.15 Å². The Kier molecular flexibility index (Phi) is 5.28. The highest BCUT2D eigenvalue weighted by molar-refractivity contribution is 5.20. The molecule has 0 atom stereocenters. The van der Waals surface area contributed by atoms with E-state index in [-0.39, 0.29) is 5.54 Å². The number of furan rings is 1. The van der Waals surface area contributed by atoms with Crippen molar-refractivity contribution in [2.75, 3.05) is 6.61 Å². The molecule has 20 heavy (non-hydrogen) atoms. The van der Waals surface area contributed by atoms with Crippen LogP contribution in [0.5, 0.6) is 0 Å². The Morgan fingerprint density at radius 2 is 2.10 bits per heavy atom. The highest BCUT2D eigenvalue weighted by atomic mass is 16.5. The molecule has 1 aliphatic carbocycles. The maximum absolute atomic E-state index is 5.79. The zero-order valence-corrected chi connectivity index (χ0v) is 13.4. The standard InChI is InChI=1S/C17H29NO2/c1-13-15(12-19-9-8-14-6-5-7-14)10-16(20-13)11-18-17(2,3)4/h10,14,18H,5-9,11-12H2,1-4H3. The highest BCUT2D eigenvalue weighted by Crippen LogP contribution is 2.29. The van der Waals surface area contributed by atoms with E-state index in [4.69, 9.17) is 9.15 Å². The summed E-state index contributed by atoms with van der Waals surface area (Å²) >= 11 is 0. The Hall–Kier alpha value is -0.800. The molecule has 3 nitrogen and oxygen atoms in total. The van der Waals surface area contributed by atoms with Gasteiger partial charge in [0.2, 0.25) is 0 Å². The maximum Gasteiger partial charge on any atom is 0.118 e. The minimum absolute atomic E-state index is 0.111. The third-order valence-electron chi connectivity index (χ3n) is 4.02. The van der Waals surface area contributed by atoms with E-state index in [2.05, 4.69) is 32.2 Å². The molecular formula is C17H29NO2. The molecule has 0 amide bonds. The molecule has 1 saturated carbocycles. The number of nitrogens with one attached hydrogen (secondary N) is 1. The van der Waals surface area contributed by atoms with Crippen LogP contribution in [0.15, 0.2) is 10.5 Å². The Bertz CT molecular complexity index is 413. The van der Waals surface area contributed by atoms with E-state index >= 15 is 0 Å². The summed E-state index contributed by atoms with van der Waals surface area (Å²) in [4.78, 5) is 0. The van der Waals surface area contributed by atoms with Gasteiger partial charge in [0.15, 0.2) is 0 Å². The Balaban J connectivity index is 1.72. The second-order valence-electron chi connectivity index (χ2n) is 7.04. The van der Waals surface area contributed by atoms with Crippen LogP contribution in [0.3, 0.4) is 0 Å². The molecule has 114 valence electrons. The van der Waals surface area contributed by atoms with Gasteiger partial charge in [-0.05, 0) is 46.1 Å². The molecule has 0 bridgehead atoms. The molecule has 1 aliphatic rings. The fourth-order valence-electron chi connectivity index (χ4n) is 2.38. The van der Waals surface area contributed by atoms with Crippen LogP contribution < -0.4 is 5.32 Å². The monoisotopic (exact) mass is 279 g/mol. The smallest absolute Gasteiger partial charge is 0.118 e. The summed E-state index contributed by atoms with van der Waals surface area (Å²) < 4.78 is 11.6. The summed E-state index contributed by atoms with van der Waals surface area (Å²) in [6.07, 6.45) is 5.43. The first-order chi connectivity index (χ1) is 9.44. The van der Waals surface area contributed by atoms with Gasteiger partial charge in [0.25, 0.3) is 0 Å². The lowest BCUT2D eigenvalue weighted by atomic mass is 9.83. The van der Waals surface area contributed by atoms with E-state index in [9.17, 15) is 0 Å². The number of aryl methyl sites for hydroxylation is 1.